The fourth-order valence-corrected chi connectivity index (χ4v) is 2.93. The van der Waals surface area contributed by atoms with Crippen LogP contribution in [0.3, 0.4) is 0 Å². The van der Waals surface area contributed by atoms with Crippen molar-refractivity contribution in [1.82, 2.24) is 5.32 Å². The maximum absolute atomic E-state index is 11.9. The number of carbonyl (C=O) groups is 1. The van der Waals surface area contributed by atoms with Crippen LogP contribution in [0.15, 0.2) is 30.3 Å². The summed E-state index contributed by atoms with van der Waals surface area (Å²) < 4.78 is 0. The van der Waals surface area contributed by atoms with E-state index < -0.39 is 6.04 Å². The average Bonchev–Trinajstić information content (AvgIpc) is 2.99. The van der Waals surface area contributed by atoms with Crippen molar-refractivity contribution in [2.45, 2.75) is 51.0 Å². The molecule has 0 bridgehead atoms. The highest BCUT2D eigenvalue weighted by Crippen LogP contribution is 2.26. The molecule has 0 heterocycles. The SMILES string of the molecule is N[C@@H](CCc1ccccc1)C(=O)NCCC1CCCC1. The van der Waals surface area contributed by atoms with Crippen LogP contribution in [0.1, 0.15) is 44.1 Å². The van der Waals surface area contributed by atoms with Gasteiger partial charge in [-0.25, -0.2) is 0 Å². The first-order valence-electron chi connectivity index (χ1n) is 7.83. The Labute approximate surface area is 121 Å². The van der Waals surface area contributed by atoms with Gasteiger partial charge in [-0.1, -0.05) is 56.0 Å². The summed E-state index contributed by atoms with van der Waals surface area (Å²) in [5.74, 6) is 0.815. The molecule has 3 N–H and O–H groups in total. The summed E-state index contributed by atoms with van der Waals surface area (Å²) in [6.07, 6.45) is 8.05. The van der Waals surface area contributed by atoms with Gasteiger partial charge >= 0.3 is 0 Å². The molecule has 0 aliphatic heterocycles. The van der Waals surface area contributed by atoms with Crippen LogP contribution in [-0.4, -0.2) is 18.5 Å². The smallest absolute Gasteiger partial charge is 0.236 e. The molecule has 1 aromatic rings. The van der Waals surface area contributed by atoms with Crippen molar-refractivity contribution in [1.29, 1.82) is 0 Å². The van der Waals surface area contributed by atoms with Gasteiger partial charge in [-0.2, -0.15) is 0 Å². The summed E-state index contributed by atoms with van der Waals surface area (Å²) in [7, 11) is 0. The van der Waals surface area contributed by atoms with Gasteiger partial charge in [0.2, 0.25) is 5.91 Å². The molecule has 0 spiro atoms. The van der Waals surface area contributed by atoms with E-state index in [0.717, 1.165) is 25.3 Å². The topological polar surface area (TPSA) is 55.1 Å². The van der Waals surface area contributed by atoms with Gasteiger partial charge in [0.05, 0.1) is 6.04 Å². The predicted molar refractivity (Wildman–Crippen MR) is 82.3 cm³/mol. The average molecular weight is 274 g/mol. The quantitative estimate of drug-likeness (QED) is 0.803. The standard InChI is InChI=1S/C17H26N2O/c18-16(11-10-14-6-2-1-3-7-14)17(20)19-13-12-15-8-4-5-9-15/h1-3,6-7,15-16H,4-5,8-13,18H2,(H,19,20)/t16-/m0/s1. The number of hydrogen-bond donors (Lipinski definition) is 2. The summed E-state index contributed by atoms with van der Waals surface area (Å²) in [6, 6.07) is 9.79. The second-order valence-corrected chi connectivity index (χ2v) is 5.86. The Morgan fingerprint density at radius 2 is 1.95 bits per heavy atom. The number of carbonyl (C=O) groups excluding carboxylic acids is 1. The van der Waals surface area contributed by atoms with E-state index >= 15 is 0 Å². The Balaban J connectivity index is 1.61. The first-order chi connectivity index (χ1) is 9.75. The fourth-order valence-electron chi connectivity index (χ4n) is 2.93. The van der Waals surface area contributed by atoms with Crippen molar-refractivity contribution in [3.05, 3.63) is 35.9 Å². The first-order valence-corrected chi connectivity index (χ1v) is 7.83. The zero-order valence-electron chi connectivity index (χ0n) is 12.2. The first kappa shape index (κ1) is 15.0. The van der Waals surface area contributed by atoms with Gasteiger partial charge in [0.1, 0.15) is 0 Å². The minimum Gasteiger partial charge on any atom is -0.355 e. The van der Waals surface area contributed by atoms with E-state index in [9.17, 15) is 4.79 Å². The number of benzene rings is 1. The molecule has 1 aliphatic rings. The Morgan fingerprint density at radius 3 is 2.65 bits per heavy atom. The van der Waals surface area contributed by atoms with Gasteiger partial charge in [0.25, 0.3) is 0 Å². The lowest BCUT2D eigenvalue weighted by Gasteiger charge is -2.14. The molecule has 110 valence electrons. The molecule has 1 saturated carbocycles. The maximum Gasteiger partial charge on any atom is 0.236 e. The summed E-state index contributed by atoms with van der Waals surface area (Å²) in [5, 5.41) is 2.98. The molecule has 1 aliphatic carbocycles. The molecule has 1 aromatic carbocycles. The second-order valence-electron chi connectivity index (χ2n) is 5.86. The molecule has 3 heteroatoms. The Bertz CT molecular complexity index is 399. The fraction of sp³-hybridized carbons (Fsp3) is 0.588. The van der Waals surface area contributed by atoms with Crippen LogP contribution in [0.5, 0.6) is 0 Å². The Hall–Kier alpha value is -1.35. The van der Waals surface area contributed by atoms with E-state index in [-0.39, 0.29) is 5.91 Å². The molecule has 3 nitrogen and oxygen atoms in total. The van der Waals surface area contributed by atoms with Gasteiger partial charge in [-0.3, -0.25) is 4.79 Å². The summed E-state index contributed by atoms with van der Waals surface area (Å²) >= 11 is 0. The van der Waals surface area contributed by atoms with E-state index in [1.54, 1.807) is 0 Å². The van der Waals surface area contributed by atoms with Crippen molar-refractivity contribution in [3.8, 4) is 0 Å². The van der Waals surface area contributed by atoms with E-state index in [1.165, 1.54) is 31.2 Å². The van der Waals surface area contributed by atoms with E-state index in [0.29, 0.717) is 6.42 Å². The molecule has 20 heavy (non-hydrogen) atoms. The van der Waals surface area contributed by atoms with Crippen LogP contribution in [0.2, 0.25) is 0 Å². The molecular formula is C17H26N2O. The van der Waals surface area contributed by atoms with Crippen LogP contribution < -0.4 is 11.1 Å². The monoisotopic (exact) mass is 274 g/mol. The highest BCUT2D eigenvalue weighted by Gasteiger charge is 2.16. The molecule has 0 aromatic heterocycles. The highest BCUT2D eigenvalue weighted by molar-refractivity contribution is 5.81. The highest BCUT2D eigenvalue weighted by atomic mass is 16.2. The Morgan fingerprint density at radius 1 is 1.25 bits per heavy atom. The Kier molecular flexibility index (Phi) is 6.06. The van der Waals surface area contributed by atoms with Gasteiger partial charge < -0.3 is 11.1 Å². The molecule has 0 radical (unpaired) electrons. The number of amides is 1. The number of hydrogen-bond acceptors (Lipinski definition) is 2. The minimum atomic E-state index is -0.390. The van der Waals surface area contributed by atoms with E-state index in [4.69, 9.17) is 5.73 Å². The minimum absolute atomic E-state index is 0.000993. The molecular weight excluding hydrogens is 248 g/mol. The van der Waals surface area contributed by atoms with Gasteiger partial charge in [0, 0.05) is 6.54 Å². The van der Waals surface area contributed by atoms with Crippen molar-refractivity contribution >= 4 is 5.91 Å². The van der Waals surface area contributed by atoms with Crippen LogP contribution in [0, 0.1) is 5.92 Å². The van der Waals surface area contributed by atoms with Gasteiger partial charge in [-0.05, 0) is 30.7 Å². The third kappa shape index (κ3) is 4.97. The van der Waals surface area contributed by atoms with Crippen LogP contribution in [-0.2, 0) is 11.2 Å². The normalized spacial score (nSPS) is 17.1. The lowest BCUT2D eigenvalue weighted by Crippen LogP contribution is -2.41. The zero-order valence-corrected chi connectivity index (χ0v) is 12.2. The van der Waals surface area contributed by atoms with Crippen molar-refractivity contribution < 1.29 is 4.79 Å². The summed E-state index contributed by atoms with van der Waals surface area (Å²) in [5.41, 5.74) is 7.18. The van der Waals surface area contributed by atoms with E-state index in [2.05, 4.69) is 17.4 Å². The maximum atomic E-state index is 11.9. The molecule has 1 atom stereocenters. The van der Waals surface area contributed by atoms with Crippen molar-refractivity contribution in [2.75, 3.05) is 6.54 Å². The number of nitrogens with two attached hydrogens (primary N) is 1. The molecule has 0 saturated heterocycles. The van der Waals surface area contributed by atoms with Crippen molar-refractivity contribution in [2.24, 2.45) is 11.7 Å². The van der Waals surface area contributed by atoms with Crippen LogP contribution in [0.25, 0.3) is 0 Å². The zero-order chi connectivity index (χ0) is 14.2. The lowest BCUT2D eigenvalue weighted by atomic mass is 10.0. The van der Waals surface area contributed by atoms with Gasteiger partial charge in [-0.15, -0.1) is 0 Å². The number of aryl methyl sites for hydroxylation is 1. The third-order valence-electron chi connectivity index (χ3n) is 4.25. The predicted octanol–water partition coefficient (Wildman–Crippen LogP) is 2.64. The third-order valence-corrected chi connectivity index (χ3v) is 4.25. The number of rotatable bonds is 7. The van der Waals surface area contributed by atoms with Crippen molar-refractivity contribution in [3.63, 3.8) is 0 Å². The summed E-state index contributed by atoms with van der Waals surface area (Å²) in [6.45, 7) is 0.780. The molecule has 0 unspecified atom stereocenters. The summed E-state index contributed by atoms with van der Waals surface area (Å²) in [4.78, 5) is 11.9. The largest absolute Gasteiger partial charge is 0.355 e. The van der Waals surface area contributed by atoms with Gasteiger partial charge in [0.15, 0.2) is 0 Å². The van der Waals surface area contributed by atoms with Crippen LogP contribution >= 0.6 is 0 Å². The van der Waals surface area contributed by atoms with Crippen LogP contribution in [0.4, 0.5) is 0 Å². The number of nitrogens with one attached hydrogen (secondary N) is 1. The molecule has 1 amide bonds. The lowest BCUT2D eigenvalue weighted by molar-refractivity contribution is -0.122. The molecule has 2 rings (SSSR count). The second kappa shape index (κ2) is 8.05. The van der Waals surface area contributed by atoms with E-state index in [1.807, 2.05) is 18.2 Å². The molecule has 1 fully saturated rings.